The molecular weight excluding hydrogens is 93.1 g/mol. The third kappa shape index (κ3) is 0.961. The molecule has 0 aliphatic heterocycles. The normalized spacial score (nSPS) is 8.71. The van der Waals surface area contributed by atoms with Crippen molar-refractivity contribution in [2.24, 2.45) is 0 Å². The van der Waals surface area contributed by atoms with Gasteiger partial charge in [-0.15, -0.1) is 0 Å². The molecule has 1 heterocycles. The molecule has 0 unspecified atom stereocenters. The third-order valence-corrected chi connectivity index (χ3v) is 0.535. The van der Waals surface area contributed by atoms with Gasteiger partial charge in [0.2, 0.25) is 0 Å². The fourth-order valence-corrected chi connectivity index (χ4v) is 0.267. The summed E-state index contributed by atoms with van der Waals surface area (Å²) < 4.78 is 11.8. The first kappa shape index (κ1) is 4.24. The summed E-state index contributed by atoms with van der Waals surface area (Å²) in [6.45, 7) is 0. The van der Waals surface area contributed by atoms with Crippen LogP contribution in [0.15, 0.2) is 12.3 Å². The van der Waals surface area contributed by atoms with Gasteiger partial charge in [-0.1, -0.05) is 0 Å². The van der Waals surface area contributed by atoms with Crippen molar-refractivity contribution in [3.05, 3.63) is 30.3 Å². The Morgan fingerprint density at radius 2 is 2.57 bits per heavy atom. The SMILES string of the molecule is Fc1[c][c]ncc1. The van der Waals surface area contributed by atoms with Gasteiger partial charge in [0, 0.05) is 6.20 Å². The van der Waals surface area contributed by atoms with Crippen molar-refractivity contribution in [1.29, 1.82) is 0 Å². The molecule has 0 atom stereocenters. The molecule has 2 heteroatoms. The topological polar surface area (TPSA) is 12.9 Å². The summed E-state index contributed by atoms with van der Waals surface area (Å²) in [5, 5.41) is 0. The van der Waals surface area contributed by atoms with Gasteiger partial charge in [0.15, 0.2) is 0 Å². The Morgan fingerprint density at radius 3 is 2.86 bits per heavy atom. The number of pyridine rings is 1. The van der Waals surface area contributed by atoms with Gasteiger partial charge in [0.25, 0.3) is 0 Å². The summed E-state index contributed by atoms with van der Waals surface area (Å²) in [6.07, 6.45) is 3.54. The highest BCUT2D eigenvalue weighted by molar-refractivity contribution is 4.89. The highest BCUT2D eigenvalue weighted by Crippen LogP contribution is 1.86. The molecule has 1 rings (SSSR count). The number of halogens is 1. The molecule has 34 valence electrons. The number of aromatic nitrogens is 1. The predicted molar refractivity (Wildman–Crippen MR) is 21.9 cm³/mol. The fourth-order valence-electron chi connectivity index (χ4n) is 0.267. The van der Waals surface area contributed by atoms with Crippen LogP contribution in [0.5, 0.6) is 0 Å². The smallest absolute Gasteiger partial charge is 0.135 e. The summed E-state index contributed by atoms with van der Waals surface area (Å²) in [4.78, 5) is 3.42. The molecule has 0 spiro atoms. The van der Waals surface area contributed by atoms with Gasteiger partial charge in [-0.25, -0.2) is 4.39 Å². The molecule has 1 aromatic heterocycles. The molecule has 0 saturated heterocycles. The second kappa shape index (κ2) is 1.69. The zero-order valence-corrected chi connectivity index (χ0v) is 3.48. The van der Waals surface area contributed by atoms with Crippen LogP contribution >= 0.6 is 0 Å². The summed E-state index contributed by atoms with van der Waals surface area (Å²) in [5.74, 6) is -0.421. The maximum atomic E-state index is 11.8. The molecule has 1 nitrogen and oxygen atoms in total. The van der Waals surface area contributed by atoms with Crippen molar-refractivity contribution in [1.82, 2.24) is 4.98 Å². The lowest BCUT2D eigenvalue weighted by atomic mass is 10.5. The Hall–Kier alpha value is -0.920. The highest BCUT2D eigenvalue weighted by atomic mass is 19.1. The van der Waals surface area contributed by atoms with E-state index in [0.717, 1.165) is 0 Å². The molecule has 0 aliphatic rings. The van der Waals surface area contributed by atoms with Crippen molar-refractivity contribution >= 4 is 0 Å². The second-order valence-corrected chi connectivity index (χ2v) is 1.03. The van der Waals surface area contributed by atoms with Crippen LogP contribution in [0, 0.1) is 18.1 Å². The molecule has 7 heavy (non-hydrogen) atoms. The Labute approximate surface area is 40.8 Å². The number of hydrogen-bond donors (Lipinski definition) is 0. The Morgan fingerprint density at radius 1 is 1.71 bits per heavy atom. The average Bonchev–Trinajstić information content (AvgIpc) is 1.69. The largest absolute Gasteiger partial charge is 0.254 e. The number of rotatable bonds is 0. The van der Waals surface area contributed by atoms with Crippen molar-refractivity contribution in [2.75, 3.05) is 0 Å². The molecule has 0 fully saturated rings. The maximum absolute atomic E-state index is 11.8. The van der Waals surface area contributed by atoms with Gasteiger partial charge in [-0.2, -0.15) is 0 Å². The molecule has 0 amide bonds. The molecule has 0 aliphatic carbocycles. The third-order valence-electron chi connectivity index (χ3n) is 0.535. The molecule has 0 saturated carbocycles. The lowest BCUT2D eigenvalue weighted by molar-refractivity contribution is 0.622. The summed E-state index contributed by atoms with van der Waals surface area (Å²) in [6, 6.07) is 3.35. The lowest BCUT2D eigenvalue weighted by Gasteiger charge is -1.76. The van der Waals surface area contributed by atoms with Crippen LogP contribution in [0.4, 0.5) is 4.39 Å². The van der Waals surface area contributed by atoms with E-state index < -0.39 is 5.82 Å². The molecule has 2 radical (unpaired) electrons. The van der Waals surface area contributed by atoms with Crippen molar-refractivity contribution in [3.8, 4) is 0 Å². The Balaban J connectivity index is 3.02. The van der Waals surface area contributed by atoms with E-state index in [-0.39, 0.29) is 0 Å². The van der Waals surface area contributed by atoms with E-state index in [0.29, 0.717) is 0 Å². The second-order valence-electron chi connectivity index (χ2n) is 1.03. The first-order valence-electron chi connectivity index (χ1n) is 1.79. The highest BCUT2D eigenvalue weighted by Gasteiger charge is 1.80. The summed E-state index contributed by atoms with van der Waals surface area (Å²) in [7, 11) is 0. The van der Waals surface area contributed by atoms with E-state index in [9.17, 15) is 4.39 Å². The van der Waals surface area contributed by atoms with E-state index in [1.807, 2.05) is 0 Å². The lowest BCUT2D eigenvalue weighted by Crippen LogP contribution is -1.71. The predicted octanol–water partition coefficient (Wildman–Crippen LogP) is 0.821. The minimum absolute atomic E-state index is 0.421. The van der Waals surface area contributed by atoms with Crippen LogP contribution in [-0.4, -0.2) is 4.98 Å². The zero-order chi connectivity index (χ0) is 5.11. The van der Waals surface area contributed by atoms with Crippen molar-refractivity contribution in [2.45, 2.75) is 0 Å². The number of nitrogens with zero attached hydrogens (tertiary/aromatic N) is 1. The van der Waals surface area contributed by atoms with Crippen molar-refractivity contribution in [3.63, 3.8) is 0 Å². The number of hydrogen-bond acceptors (Lipinski definition) is 1. The first-order valence-corrected chi connectivity index (χ1v) is 1.79. The molecular formula is C5H2FN. The van der Waals surface area contributed by atoms with Crippen LogP contribution in [0.1, 0.15) is 0 Å². The average molecular weight is 95.1 g/mol. The van der Waals surface area contributed by atoms with Crippen LogP contribution in [0.2, 0.25) is 0 Å². The fraction of sp³-hybridized carbons (Fsp3) is 0. The van der Waals surface area contributed by atoms with E-state index in [1.165, 1.54) is 12.3 Å². The monoisotopic (exact) mass is 95.0 g/mol. The van der Waals surface area contributed by atoms with Crippen LogP contribution in [-0.2, 0) is 0 Å². The Kier molecular flexibility index (Phi) is 1.02. The first-order chi connectivity index (χ1) is 3.39. The summed E-state index contributed by atoms with van der Waals surface area (Å²) in [5.41, 5.74) is 0. The van der Waals surface area contributed by atoms with Crippen LogP contribution < -0.4 is 0 Å². The van der Waals surface area contributed by atoms with Gasteiger partial charge in [-0.05, 0) is 6.07 Å². The van der Waals surface area contributed by atoms with Crippen LogP contribution in [0.25, 0.3) is 0 Å². The Bertz CT molecular complexity index is 138. The zero-order valence-electron chi connectivity index (χ0n) is 3.48. The van der Waals surface area contributed by atoms with Gasteiger partial charge in [0.05, 0.1) is 6.07 Å². The molecule has 0 bridgehead atoms. The molecule has 0 aromatic carbocycles. The van der Waals surface area contributed by atoms with E-state index in [1.54, 1.807) is 0 Å². The van der Waals surface area contributed by atoms with E-state index >= 15 is 0 Å². The summed E-state index contributed by atoms with van der Waals surface area (Å²) >= 11 is 0. The van der Waals surface area contributed by atoms with Gasteiger partial charge in [-0.3, -0.25) is 4.98 Å². The van der Waals surface area contributed by atoms with Crippen molar-refractivity contribution < 1.29 is 4.39 Å². The van der Waals surface area contributed by atoms with E-state index in [2.05, 4.69) is 17.2 Å². The standard InChI is InChI=1S/C5H2FN/c6-5-1-3-7-4-2-5/h1,3H. The molecule has 0 N–H and O–H groups in total. The quantitative estimate of drug-likeness (QED) is 0.465. The molecule has 1 aromatic rings. The minimum Gasteiger partial charge on any atom is -0.254 e. The van der Waals surface area contributed by atoms with Crippen LogP contribution in [0.3, 0.4) is 0 Å². The van der Waals surface area contributed by atoms with Gasteiger partial charge >= 0.3 is 0 Å². The minimum atomic E-state index is -0.421. The maximum Gasteiger partial charge on any atom is 0.135 e. The van der Waals surface area contributed by atoms with E-state index in [4.69, 9.17) is 0 Å². The van der Waals surface area contributed by atoms with Gasteiger partial charge < -0.3 is 0 Å². The van der Waals surface area contributed by atoms with Gasteiger partial charge in [0.1, 0.15) is 12.0 Å².